The molecule has 0 aromatic carbocycles. The molecule has 17 heavy (non-hydrogen) atoms. The van der Waals surface area contributed by atoms with Crippen molar-refractivity contribution in [1.29, 1.82) is 0 Å². The molecule has 0 bridgehead atoms. The Morgan fingerprint density at radius 1 is 1.53 bits per heavy atom. The maximum atomic E-state index is 5.70. The number of nitrogens with one attached hydrogen (secondary N) is 1. The van der Waals surface area contributed by atoms with Crippen LogP contribution in [-0.4, -0.2) is 24.7 Å². The molecule has 0 saturated carbocycles. The van der Waals surface area contributed by atoms with Crippen LogP contribution in [0, 0.1) is 5.92 Å². The summed E-state index contributed by atoms with van der Waals surface area (Å²) >= 11 is 3.36. The van der Waals surface area contributed by atoms with E-state index in [2.05, 4.69) is 26.2 Å². The molecule has 1 unspecified atom stereocenters. The molecule has 1 aromatic heterocycles. The van der Waals surface area contributed by atoms with Gasteiger partial charge in [0.05, 0.1) is 6.61 Å². The summed E-state index contributed by atoms with van der Waals surface area (Å²) in [6.07, 6.45) is 5.62. The molecule has 1 N–H and O–H groups in total. The summed E-state index contributed by atoms with van der Waals surface area (Å²) in [6.45, 7) is 3.88. The Labute approximate surface area is 111 Å². The molecule has 1 saturated heterocycles. The number of ether oxygens (including phenoxy) is 1. The molecule has 0 amide bonds. The highest BCUT2D eigenvalue weighted by atomic mass is 79.9. The molecule has 2 heterocycles. The number of pyridine rings is 1. The Bertz CT molecular complexity index is 340. The maximum Gasteiger partial charge on any atom is 0.106 e. The second kappa shape index (κ2) is 7.09. The molecule has 1 fully saturated rings. The van der Waals surface area contributed by atoms with Gasteiger partial charge >= 0.3 is 0 Å². The minimum absolute atomic E-state index is 0.682. The van der Waals surface area contributed by atoms with E-state index >= 15 is 0 Å². The van der Waals surface area contributed by atoms with Crippen LogP contribution in [-0.2, 0) is 11.3 Å². The Morgan fingerprint density at radius 2 is 2.47 bits per heavy atom. The van der Waals surface area contributed by atoms with Crippen molar-refractivity contribution < 1.29 is 4.74 Å². The first-order valence-corrected chi connectivity index (χ1v) is 7.03. The average Bonchev–Trinajstić information content (AvgIpc) is 2.36. The molecule has 0 aliphatic carbocycles. The molecular formula is C13H19BrN2O. The van der Waals surface area contributed by atoms with Gasteiger partial charge in [0, 0.05) is 12.8 Å². The van der Waals surface area contributed by atoms with E-state index in [0.29, 0.717) is 6.61 Å². The van der Waals surface area contributed by atoms with E-state index in [1.807, 2.05) is 12.1 Å². The van der Waals surface area contributed by atoms with Crippen molar-refractivity contribution in [3.63, 3.8) is 0 Å². The third-order valence-electron chi connectivity index (χ3n) is 3.13. The van der Waals surface area contributed by atoms with Crippen LogP contribution in [0.1, 0.15) is 24.8 Å². The summed E-state index contributed by atoms with van der Waals surface area (Å²) in [5.41, 5.74) is 1.17. The minimum Gasteiger partial charge on any atom is -0.377 e. The third-order valence-corrected chi connectivity index (χ3v) is 3.56. The molecule has 4 heteroatoms. The zero-order valence-electron chi connectivity index (χ0n) is 9.99. The van der Waals surface area contributed by atoms with Crippen molar-refractivity contribution in [2.75, 3.05) is 19.7 Å². The quantitative estimate of drug-likeness (QED) is 0.670. The Morgan fingerprint density at radius 3 is 3.24 bits per heavy atom. The predicted molar refractivity (Wildman–Crippen MR) is 71.8 cm³/mol. The predicted octanol–water partition coefficient (Wildman–Crippen LogP) is 2.75. The van der Waals surface area contributed by atoms with Gasteiger partial charge in [0.25, 0.3) is 0 Å². The minimum atomic E-state index is 0.682. The van der Waals surface area contributed by atoms with Crippen molar-refractivity contribution in [3.05, 3.63) is 28.5 Å². The van der Waals surface area contributed by atoms with E-state index in [0.717, 1.165) is 23.7 Å². The third kappa shape index (κ3) is 4.74. The lowest BCUT2D eigenvalue weighted by molar-refractivity contribution is 0.103. The number of hydrogen-bond acceptors (Lipinski definition) is 3. The number of rotatable bonds is 5. The van der Waals surface area contributed by atoms with Crippen LogP contribution < -0.4 is 5.32 Å². The summed E-state index contributed by atoms with van der Waals surface area (Å²) in [4.78, 5) is 4.09. The molecule has 0 radical (unpaired) electrons. The highest BCUT2D eigenvalue weighted by molar-refractivity contribution is 9.10. The normalized spacial score (nSPS) is 20.4. The van der Waals surface area contributed by atoms with E-state index < -0.39 is 0 Å². The van der Waals surface area contributed by atoms with E-state index in [1.165, 1.54) is 31.4 Å². The van der Waals surface area contributed by atoms with Gasteiger partial charge in [0.15, 0.2) is 0 Å². The van der Waals surface area contributed by atoms with E-state index in [4.69, 9.17) is 4.74 Å². The number of piperidine rings is 1. The Balaban J connectivity index is 1.62. The highest BCUT2D eigenvalue weighted by Gasteiger charge is 2.12. The fourth-order valence-corrected chi connectivity index (χ4v) is 2.56. The van der Waals surface area contributed by atoms with Gasteiger partial charge in [-0.3, -0.25) is 0 Å². The smallest absolute Gasteiger partial charge is 0.106 e. The molecule has 1 atom stereocenters. The second-order valence-electron chi connectivity index (χ2n) is 4.54. The van der Waals surface area contributed by atoms with Gasteiger partial charge in [-0.15, -0.1) is 0 Å². The molecule has 3 nitrogen and oxygen atoms in total. The van der Waals surface area contributed by atoms with Crippen molar-refractivity contribution in [1.82, 2.24) is 10.3 Å². The Hall–Kier alpha value is -0.450. The van der Waals surface area contributed by atoms with Gasteiger partial charge in [-0.05, 0) is 71.9 Å². The fraction of sp³-hybridized carbons (Fsp3) is 0.615. The van der Waals surface area contributed by atoms with Crippen LogP contribution in [0.15, 0.2) is 22.9 Å². The van der Waals surface area contributed by atoms with Crippen molar-refractivity contribution in [3.8, 4) is 0 Å². The standard InChI is InChI=1S/C13H19BrN2O/c14-13-8-12(3-6-16-13)10-17-7-4-11-2-1-5-15-9-11/h3,6,8,11,15H,1-2,4-5,7,9-10H2. The molecule has 0 spiro atoms. The number of halogens is 1. The van der Waals surface area contributed by atoms with Crippen LogP contribution in [0.3, 0.4) is 0 Å². The lowest BCUT2D eigenvalue weighted by atomic mass is 9.97. The maximum absolute atomic E-state index is 5.70. The molecule has 2 rings (SSSR count). The van der Waals surface area contributed by atoms with E-state index in [1.54, 1.807) is 6.20 Å². The lowest BCUT2D eigenvalue weighted by Gasteiger charge is -2.22. The molecule has 94 valence electrons. The summed E-state index contributed by atoms with van der Waals surface area (Å²) in [6, 6.07) is 4.00. The van der Waals surface area contributed by atoms with Crippen LogP contribution >= 0.6 is 15.9 Å². The van der Waals surface area contributed by atoms with Crippen molar-refractivity contribution in [2.24, 2.45) is 5.92 Å². The van der Waals surface area contributed by atoms with Gasteiger partial charge in [0.2, 0.25) is 0 Å². The molecule has 1 aliphatic rings. The molecule has 1 aromatic rings. The van der Waals surface area contributed by atoms with E-state index in [-0.39, 0.29) is 0 Å². The topological polar surface area (TPSA) is 34.1 Å². The number of aromatic nitrogens is 1. The molecule has 1 aliphatic heterocycles. The van der Waals surface area contributed by atoms with Gasteiger partial charge < -0.3 is 10.1 Å². The van der Waals surface area contributed by atoms with Gasteiger partial charge in [-0.2, -0.15) is 0 Å². The van der Waals surface area contributed by atoms with Gasteiger partial charge in [-0.1, -0.05) is 0 Å². The highest BCUT2D eigenvalue weighted by Crippen LogP contribution is 2.14. The number of nitrogens with zero attached hydrogens (tertiary/aromatic N) is 1. The summed E-state index contributed by atoms with van der Waals surface area (Å²) in [5.74, 6) is 0.799. The first-order chi connectivity index (χ1) is 8.34. The van der Waals surface area contributed by atoms with Crippen LogP contribution in [0.4, 0.5) is 0 Å². The molecular weight excluding hydrogens is 280 g/mol. The summed E-state index contributed by atoms with van der Waals surface area (Å²) < 4.78 is 6.57. The van der Waals surface area contributed by atoms with Gasteiger partial charge in [0.1, 0.15) is 4.60 Å². The monoisotopic (exact) mass is 298 g/mol. The Kier molecular flexibility index (Phi) is 5.42. The SMILES string of the molecule is Brc1cc(COCCC2CCCNC2)ccn1. The van der Waals surface area contributed by atoms with Crippen LogP contribution in [0.2, 0.25) is 0 Å². The fourth-order valence-electron chi connectivity index (χ4n) is 2.14. The first-order valence-electron chi connectivity index (χ1n) is 6.23. The van der Waals surface area contributed by atoms with E-state index in [9.17, 15) is 0 Å². The lowest BCUT2D eigenvalue weighted by Crippen LogP contribution is -2.30. The van der Waals surface area contributed by atoms with Crippen molar-refractivity contribution in [2.45, 2.75) is 25.9 Å². The summed E-state index contributed by atoms with van der Waals surface area (Å²) in [7, 11) is 0. The first kappa shape index (κ1) is 13.0. The summed E-state index contributed by atoms with van der Waals surface area (Å²) in [5, 5.41) is 3.43. The largest absolute Gasteiger partial charge is 0.377 e. The van der Waals surface area contributed by atoms with Crippen LogP contribution in [0.5, 0.6) is 0 Å². The zero-order chi connectivity index (χ0) is 11.9. The van der Waals surface area contributed by atoms with Gasteiger partial charge in [-0.25, -0.2) is 4.98 Å². The zero-order valence-corrected chi connectivity index (χ0v) is 11.6. The number of hydrogen-bond donors (Lipinski definition) is 1. The average molecular weight is 299 g/mol. The van der Waals surface area contributed by atoms with Crippen LogP contribution in [0.25, 0.3) is 0 Å². The second-order valence-corrected chi connectivity index (χ2v) is 5.35. The van der Waals surface area contributed by atoms with Crippen molar-refractivity contribution >= 4 is 15.9 Å².